The summed E-state index contributed by atoms with van der Waals surface area (Å²) >= 11 is 0. The van der Waals surface area contributed by atoms with Gasteiger partial charge in [-0.25, -0.2) is 0 Å². The van der Waals surface area contributed by atoms with Crippen molar-refractivity contribution in [3.05, 3.63) is 18.2 Å². The number of benzene rings is 1. The summed E-state index contributed by atoms with van der Waals surface area (Å²) in [6.07, 6.45) is 0.0140. The van der Waals surface area contributed by atoms with Gasteiger partial charge in [0.2, 0.25) is 17.7 Å². The van der Waals surface area contributed by atoms with Crippen molar-refractivity contribution >= 4 is 29.4 Å². The number of aliphatic carboxylic acids is 1. The Kier molecular flexibility index (Phi) is 5.90. The largest absolute Gasteiger partial charge is 0.486 e. The number of carbonyl (C=O) groups excluding carboxylic acids is 3. The maximum atomic E-state index is 12.5. The number of hydrogen-bond donors (Lipinski definition) is 3. The molecule has 10 heteroatoms. The van der Waals surface area contributed by atoms with Crippen molar-refractivity contribution in [1.29, 1.82) is 0 Å². The van der Waals surface area contributed by atoms with Crippen LogP contribution in [0.15, 0.2) is 18.2 Å². The number of carboxylic acids is 1. The van der Waals surface area contributed by atoms with Gasteiger partial charge in [0.25, 0.3) is 0 Å². The lowest BCUT2D eigenvalue weighted by atomic mass is 10.1. The number of carbonyl (C=O) groups is 4. The molecule has 0 bridgehead atoms. The first-order chi connectivity index (χ1) is 13.8. The second kappa shape index (κ2) is 8.38. The van der Waals surface area contributed by atoms with E-state index in [1.54, 1.807) is 18.2 Å². The van der Waals surface area contributed by atoms with Crippen LogP contribution < -0.4 is 25.0 Å². The Bertz CT molecular complexity index is 841. The molecule has 0 spiro atoms. The molecule has 1 aromatic rings. The summed E-state index contributed by atoms with van der Waals surface area (Å²) in [6.45, 7) is 3.85. The molecule has 3 atom stereocenters. The zero-order chi connectivity index (χ0) is 21.1. The van der Waals surface area contributed by atoms with Crippen LogP contribution in [-0.2, 0) is 19.2 Å². The molecule has 2 aliphatic heterocycles. The number of carboxylic acid groups (broad SMARTS) is 1. The molecule has 0 radical (unpaired) electrons. The van der Waals surface area contributed by atoms with Gasteiger partial charge in [0.05, 0.1) is 5.92 Å². The molecule has 1 saturated heterocycles. The Morgan fingerprint density at radius 1 is 1.10 bits per heavy atom. The fourth-order valence-corrected chi connectivity index (χ4v) is 3.13. The molecule has 29 heavy (non-hydrogen) atoms. The lowest BCUT2D eigenvalue weighted by molar-refractivity contribution is -0.141. The highest BCUT2D eigenvalue weighted by Gasteiger charge is 2.36. The number of hydrogen-bond acceptors (Lipinski definition) is 6. The van der Waals surface area contributed by atoms with Crippen LogP contribution in [0.5, 0.6) is 11.5 Å². The first kappa shape index (κ1) is 20.4. The molecule has 2 heterocycles. The average Bonchev–Trinajstić information content (AvgIpc) is 3.09. The molecule has 156 valence electrons. The minimum atomic E-state index is -1.17. The molecule has 1 fully saturated rings. The van der Waals surface area contributed by atoms with Gasteiger partial charge in [0.1, 0.15) is 25.3 Å². The van der Waals surface area contributed by atoms with E-state index in [1.165, 1.54) is 18.7 Å². The molecule has 3 amide bonds. The molecule has 0 saturated carbocycles. The van der Waals surface area contributed by atoms with Gasteiger partial charge in [-0.1, -0.05) is 0 Å². The topological polar surface area (TPSA) is 134 Å². The van der Waals surface area contributed by atoms with Gasteiger partial charge in [-0.05, 0) is 26.0 Å². The highest BCUT2D eigenvalue weighted by molar-refractivity contribution is 6.01. The van der Waals surface area contributed by atoms with Crippen LogP contribution in [0.4, 0.5) is 5.69 Å². The fourth-order valence-electron chi connectivity index (χ4n) is 3.13. The normalized spacial score (nSPS) is 20.0. The lowest BCUT2D eigenvalue weighted by Crippen LogP contribution is -2.50. The Hall–Kier alpha value is -3.30. The second-order valence-corrected chi connectivity index (χ2v) is 7.03. The third-order valence-corrected chi connectivity index (χ3v) is 4.81. The van der Waals surface area contributed by atoms with Crippen molar-refractivity contribution in [1.82, 2.24) is 10.6 Å². The van der Waals surface area contributed by atoms with Gasteiger partial charge < -0.3 is 30.1 Å². The summed E-state index contributed by atoms with van der Waals surface area (Å²) in [4.78, 5) is 49.3. The lowest BCUT2D eigenvalue weighted by Gasteiger charge is -2.22. The van der Waals surface area contributed by atoms with Crippen molar-refractivity contribution in [2.24, 2.45) is 5.92 Å². The third kappa shape index (κ3) is 4.58. The minimum absolute atomic E-state index is 0.0140. The zero-order valence-corrected chi connectivity index (χ0v) is 16.1. The van der Waals surface area contributed by atoms with E-state index >= 15 is 0 Å². The molecular weight excluding hydrogens is 382 g/mol. The first-order valence-corrected chi connectivity index (χ1v) is 9.30. The Morgan fingerprint density at radius 2 is 1.79 bits per heavy atom. The van der Waals surface area contributed by atoms with Crippen LogP contribution in [0.25, 0.3) is 0 Å². The van der Waals surface area contributed by atoms with Gasteiger partial charge >= 0.3 is 5.97 Å². The van der Waals surface area contributed by atoms with Crippen molar-refractivity contribution in [3.8, 4) is 11.5 Å². The monoisotopic (exact) mass is 405 g/mol. The van der Waals surface area contributed by atoms with Crippen molar-refractivity contribution in [2.75, 3.05) is 24.7 Å². The summed E-state index contributed by atoms with van der Waals surface area (Å²) in [6, 6.07) is 3.16. The summed E-state index contributed by atoms with van der Waals surface area (Å²) in [5, 5.41) is 13.7. The molecule has 3 N–H and O–H groups in total. The number of nitrogens with zero attached hydrogens (tertiary/aromatic N) is 1. The highest BCUT2D eigenvalue weighted by atomic mass is 16.6. The fraction of sp³-hybridized carbons (Fsp3) is 0.474. The smallest absolute Gasteiger partial charge is 0.325 e. The molecular formula is C19H23N3O7. The standard InChI is InChI=1S/C19H23N3O7/c1-10(17(24)21-11(2)19(26)27)20-18(25)12-7-16(23)22(9-12)13-3-4-14-15(8-13)29-6-5-28-14/h3-4,8,10-12H,5-7,9H2,1-2H3,(H,20,25)(H,21,24)(H,26,27). The molecule has 0 aliphatic carbocycles. The van der Waals surface area contributed by atoms with Crippen LogP contribution in [0, 0.1) is 5.92 Å². The number of rotatable bonds is 6. The Balaban J connectivity index is 1.60. The van der Waals surface area contributed by atoms with Crippen LogP contribution in [0.2, 0.25) is 0 Å². The molecule has 1 aromatic carbocycles. The number of nitrogens with one attached hydrogen (secondary N) is 2. The van der Waals surface area contributed by atoms with Gasteiger partial charge in [-0.15, -0.1) is 0 Å². The van der Waals surface area contributed by atoms with Crippen LogP contribution in [0.1, 0.15) is 20.3 Å². The Labute approximate surface area is 167 Å². The number of anilines is 1. The van der Waals surface area contributed by atoms with Crippen molar-refractivity contribution in [2.45, 2.75) is 32.4 Å². The average molecular weight is 405 g/mol. The van der Waals surface area contributed by atoms with Gasteiger partial charge in [0, 0.05) is 24.7 Å². The SMILES string of the molecule is CC(NC(=O)C(C)NC(=O)C1CC(=O)N(c2ccc3c(c2)OCCO3)C1)C(=O)O. The van der Waals surface area contributed by atoms with Gasteiger partial charge in [-0.3, -0.25) is 19.2 Å². The predicted octanol–water partition coefficient (Wildman–Crippen LogP) is -0.0953. The number of amides is 3. The van der Waals surface area contributed by atoms with Gasteiger partial charge in [-0.2, -0.15) is 0 Å². The van der Waals surface area contributed by atoms with E-state index in [4.69, 9.17) is 14.6 Å². The van der Waals surface area contributed by atoms with Gasteiger partial charge in [0.15, 0.2) is 11.5 Å². The van der Waals surface area contributed by atoms with Crippen LogP contribution in [-0.4, -0.2) is 60.6 Å². The van der Waals surface area contributed by atoms with E-state index in [1.807, 2.05) is 0 Å². The maximum absolute atomic E-state index is 12.5. The maximum Gasteiger partial charge on any atom is 0.325 e. The van der Waals surface area contributed by atoms with E-state index < -0.39 is 35.8 Å². The summed E-state index contributed by atoms with van der Waals surface area (Å²) in [7, 11) is 0. The van der Waals surface area contributed by atoms with Crippen molar-refractivity contribution in [3.63, 3.8) is 0 Å². The zero-order valence-electron chi connectivity index (χ0n) is 16.1. The molecule has 3 rings (SSSR count). The first-order valence-electron chi connectivity index (χ1n) is 9.30. The van der Waals surface area contributed by atoms with Crippen LogP contribution in [0.3, 0.4) is 0 Å². The van der Waals surface area contributed by atoms with E-state index in [0.717, 1.165) is 0 Å². The van der Waals surface area contributed by atoms with E-state index in [-0.39, 0.29) is 18.9 Å². The second-order valence-electron chi connectivity index (χ2n) is 7.03. The summed E-state index contributed by atoms with van der Waals surface area (Å²) in [5.41, 5.74) is 0.607. The molecule has 2 aliphatic rings. The van der Waals surface area contributed by atoms with Crippen LogP contribution >= 0.6 is 0 Å². The molecule has 3 unspecified atom stereocenters. The minimum Gasteiger partial charge on any atom is -0.486 e. The number of fused-ring (bicyclic) bond motifs is 1. The van der Waals surface area contributed by atoms with E-state index in [9.17, 15) is 19.2 Å². The highest BCUT2D eigenvalue weighted by Crippen LogP contribution is 2.35. The van der Waals surface area contributed by atoms with E-state index in [2.05, 4.69) is 10.6 Å². The number of ether oxygens (including phenoxy) is 2. The summed E-state index contributed by atoms with van der Waals surface area (Å²) < 4.78 is 11.0. The third-order valence-electron chi connectivity index (χ3n) is 4.81. The molecule has 0 aromatic heterocycles. The quantitative estimate of drug-likeness (QED) is 0.602. The Morgan fingerprint density at radius 3 is 2.48 bits per heavy atom. The van der Waals surface area contributed by atoms with E-state index in [0.29, 0.717) is 30.4 Å². The van der Waals surface area contributed by atoms with Crippen molar-refractivity contribution < 1.29 is 33.8 Å². The summed E-state index contributed by atoms with van der Waals surface area (Å²) in [5.74, 6) is -1.90. The predicted molar refractivity (Wildman–Crippen MR) is 101 cm³/mol. The molecule has 10 nitrogen and oxygen atoms in total.